The van der Waals surface area contributed by atoms with Gasteiger partial charge in [0.25, 0.3) is 5.56 Å². The number of nitrogens with zero attached hydrogens (tertiary/aromatic N) is 2. The van der Waals surface area contributed by atoms with E-state index in [9.17, 15) is 15.0 Å². The number of hydrogen-bond donors (Lipinski definition) is 2. The van der Waals surface area contributed by atoms with Crippen molar-refractivity contribution in [2.24, 2.45) is 0 Å². The van der Waals surface area contributed by atoms with Crippen molar-refractivity contribution in [3.05, 3.63) is 63.5 Å². The molecule has 5 nitrogen and oxygen atoms in total. The molecule has 1 atom stereocenters. The number of fused-ring (bicyclic) bond motifs is 1. The van der Waals surface area contributed by atoms with Crippen molar-refractivity contribution in [2.45, 2.75) is 18.9 Å². The van der Waals surface area contributed by atoms with Crippen LogP contribution in [-0.4, -0.2) is 33.0 Å². The van der Waals surface area contributed by atoms with E-state index >= 15 is 0 Å². The summed E-state index contributed by atoms with van der Waals surface area (Å²) >= 11 is 1.50. The molecule has 0 saturated heterocycles. The molecule has 0 radical (unpaired) electrons. The van der Waals surface area contributed by atoms with Gasteiger partial charge >= 0.3 is 0 Å². The lowest BCUT2D eigenvalue weighted by Gasteiger charge is -2.13. The summed E-state index contributed by atoms with van der Waals surface area (Å²) in [6.45, 7) is 1.49. The van der Waals surface area contributed by atoms with Gasteiger partial charge in [0.1, 0.15) is 4.83 Å². The molecule has 0 fully saturated rings. The van der Waals surface area contributed by atoms with Gasteiger partial charge in [-0.3, -0.25) is 9.36 Å². The van der Waals surface area contributed by atoms with Crippen molar-refractivity contribution in [1.29, 1.82) is 0 Å². The molecule has 2 aromatic heterocycles. The number of aromatic nitrogens is 2. The van der Waals surface area contributed by atoms with E-state index in [1.165, 1.54) is 27.8 Å². The van der Waals surface area contributed by atoms with Gasteiger partial charge in [-0.2, -0.15) is 0 Å². The minimum atomic E-state index is -0.658. The van der Waals surface area contributed by atoms with Gasteiger partial charge in [0.2, 0.25) is 0 Å². The van der Waals surface area contributed by atoms with E-state index in [0.29, 0.717) is 10.2 Å². The van der Waals surface area contributed by atoms with Crippen molar-refractivity contribution in [3.8, 4) is 0 Å². The zero-order valence-electron chi connectivity index (χ0n) is 12.7. The van der Waals surface area contributed by atoms with Gasteiger partial charge in [-0.1, -0.05) is 37.3 Å². The van der Waals surface area contributed by atoms with Crippen molar-refractivity contribution in [2.75, 3.05) is 13.2 Å². The first kappa shape index (κ1) is 15.9. The highest BCUT2D eigenvalue weighted by molar-refractivity contribution is 7.18. The minimum Gasteiger partial charge on any atom is -0.394 e. The van der Waals surface area contributed by atoms with E-state index in [2.05, 4.69) is 24.0 Å². The third-order valence-corrected chi connectivity index (χ3v) is 5.26. The maximum Gasteiger partial charge on any atom is 0.262 e. The third kappa shape index (κ3) is 2.93. The van der Waals surface area contributed by atoms with E-state index in [1.807, 2.05) is 24.3 Å². The highest BCUT2D eigenvalue weighted by Crippen LogP contribution is 2.32. The monoisotopic (exact) mass is 330 g/mol. The summed E-state index contributed by atoms with van der Waals surface area (Å²) in [7, 11) is 0. The van der Waals surface area contributed by atoms with Gasteiger partial charge in [0.05, 0.1) is 31.0 Å². The Morgan fingerprint density at radius 2 is 1.91 bits per heavy atom. The third-order valence-electron chi connectivity index (χ3n) is 4.04. The summed E-state index contributed by atoms with van der Waals surface area (Å²) < 4.78 is 1.30. The Bertz CT molecular complexity index is 853. The molecule has 2 N–H and O–H groups in total. The Hall–Kier alpha value is -2.02. The molecular weight excluding hydrogens is 312 g/mol. The minimum absolute atomic E-state index is 0.176. The number of rotatable bonds is 5. The number of aliphatic hydroxyl groups excluding tert-OH is 2. The Morgan fingerprint density at radius 3 is 2.57 bits per heavy atom. The van der Waals surface area contributed by atoms with Gasteiger partial charge in [0, 0.05) is 10.8 Å². The lowest BCUT2D eigenvalue weighted by molar-refractivity contribution is 0.152. The molecule has 0 bridgehead atoms. The molecule has 120 valence electrons. The summed E-state index contributed by atoms with van der Waals surface area (Å²) in [5.74, 6) is 0.176. The summed E-state index contributed by atoms with van der Waals surface area (Å²) in [6.07, 6.45) is 1.40. The lowest BCUT2D eigenvalue weighted by atomic mass is 9.99. The number of thiophene rings is 1. The van der Waals surface area contributed by atoms with Gasteiger partial charge in [-0.25, -0.2) is 4.98 Å². The van der Waals surface area contributed by atoms with E-state index in [1.54, 1.807) is 0 Å². The van der Waals surface area contributed by atoms with Gasteiger partial charge in [0.15, 0.2) is 0 Å². The molecular formula is C17H18N2O3S. The molecule has 0 unspecified atom stereocenters. The van der Waals surface area contributed by atoms with Crippen molar-refractivity contribution < 1.29 is 10.2 Å². The summed E-state index contributed by atoms with van der Waals surface area (Å²) in [5, 5.41) is 19.1. The van der Waals surface area contributed by atoms with Crippen molar-refractivity contribution in [3.63, 3.8) is 0 Å². The fourth-order valence-corrected chi connectivity index (χ4v) is 3.64. The quantitative estimate of drug-likeness (QED) is 0.751. The molecule has 0 aliphatic carbocycles. The predicted molar refractivity (Wildman–Crippen MR) is 91.0 cm³/mol. The van der Waals surface area contributed by atoms with Crippen LogP contribution in [0.3, 0.4) is 0 Å². The largest absolute Gasteiger partial charge is 0.394 e. The van der Waals surface area contributed by atoms with Crippen LogP contribution in [0.2, 0.25) is 0 Å². The second-order valence-electron chi connectivity index (χ2n) is 5.48. The number of benzene rings is 1. The molecule has 3 aromatic rings. The summed E-state index contributed by atoms with van der Waals surface area (Å²) in [4.78, 5) is 18.6. The van der Waals surface area contributed by atoms with Gasteiger partial charge in [-0.05, 0) is 11.6 Å². The fourth-order valence-electron chi connectivity index (χ4n) is 2.57. The number of hydrogen-bond acceptors (Lipinski definition) is 5. The molecule has 23 heavy (non-hydrogen) atoms. The van der Waals surface area contributed by atoms with Crippen LogP contribution >= 0.6 is 11.3 Å². The maximum atomic E-state index is 12.6. The lowest BCUT2D eigenvalue weighted by Crippen LogP contribution is -2.29. The standard InChI is InChI=1S/C17H18N2O3S/c1-11(12-5-3-2-4-6-12)15-7-14-16(23-15)18-10-19(17(14)22)13(8-20)9-21/h2-7,10-11,13,20-21H,8-9H2,1H3/t11-/m1/s1. The Morgan fingerprint density at radius 1 is 1.22 bits per heavy atom. The van der Waals surface area contributed by atoms with E-state index in [4.69, 9.17) is 0 Å². The average Bonchev–Trinajstić information content (AvgIpc) is 3.03. The molecule has 0 spiro atoms. The average molecular weight is 330 g/mol. The molecule has 0 aliphatic heterocycles. The number of aliphatic hydroxyl groups is 2. The predicted octanol–water partition coefficient (Wildman–Crippen LogP) is 2.14. The topological polar surface area (TPSA) is 75.4 Å². The Labute approximate surface area is 137 Å². The van der Waals surface area contributed by atoms with Crippen LogP contribution in [0.1, 0.15) is 29.3 Å². The molecule has 0 saturated carbocycles. The fraction of sp³-hybridized carbons (Fsp3) is 0.294. The highest BCUT2D eigenvalue weighted by atomic mass is 32.1. The van der Waals surface area contributed by atoms with Crippen LogP contribution in [0.5, 0.6) is 0 Å². The zero-order valence-corrected chi connectivity index (χ0v) is 13.5. The van der Waals surface area contributed by atoms with Gasteiger partial charge in [-0.15, -0.1) is 11.3 Å². The molecule has 0 aliphatic rings. The Kier molecular flexibility index (Phi) is 4.56. The maximum absolute atomic E-state index is 12.6. The first-order chi connectivity index (χ1) is 11.2. The van der Waals surface area contributed by atoms with Crippen molar-refractivity contribution >= 4 is 21.6 Å². The smallest absolute Gasteiger partial charge is 0.262 e. The zero-order chi connectivity index (χ0) is 16.4. The summed E-state index contributed by atoms with van der Waals surface area (Å²) in [5.41, 5.74) is 0.953. The van der Waals surface area contributed by atoms with Gasteiger partial charge < -0.3 is 10.2 Å². The first-order valence-electron chi connectivity index (χ1n) is 7.43. The Balaban J connectivity index is 2.06. The van der Waals surface area contributed by atoms with Crippen LogP contribution in [0.25, 0.3) is 10.2 Å². The SMILES string of the molecule is C[C@H](c1ccccc1)c1cc2c(=O)n(C(CO)CO)cnc2s1. The molecule has 6 heteroatoms. The highest BCUT2D eigenvalue weighted by Gasteiger charge is 2.17. The second-order valence-corrected chi connectivity index (χ2v) is 6.54. The molecule has 2 heterocycles. The normalized spacial score (nSPS) is 12.9. The van der Waals surface area contributed by atoms with E-state index < -0.39 is 6.04 Å². The van der Waals surface area contributed by atoms with Crippen LogP contribution in [-0.2, 0) is 0 Å². The van der Waals surface area contributed by atoms with Crippen LogP contribution in [0.4, 0.5) is 0 Å². The summed E-state index contributed by atoms with van der Waals surface area (Å²) in [6, 6.07) is 11.3. The second kappa shape index (κ2) is 6.62. The van der Waals surface area contributed by atoms with E-state index in [0.717, 1.165) is 4.88 Å². The van der Waals surface area contributed by atoms with E-state index in [-0.39, 0.29) is 24.7 Å². The molecule has 3 rings (SSSR count). The first-order valence-corrected chi connectivity index (χ1v) is 8.24. The van der Waals surface area contributed by atoms with Crippen molar-refractivity contribution in [1.82, 2.24) is 9.55 Å². The molecule has 1 aromatic carbocycles. The van der Waals surface area contributed by atoms with Crippen LogP contribution < -0.4 is 5.56 Å². The van der Waals surface area contributed by atoms with Crippen LogP contribution in [0, 0.1) is 0 Å². The molecule has 0 amide bonds. The van der Waals surface area contributed by atoms with Crippen LogP contribution in [0.15, 0.2) is 47.5 Å².